The number of hydrogen-bond acceptors (Lipinski definition) is 2. The third kappa shape index (κ3) is 2.93. The van der Waals surface area contributed by atoms with Crippen molar-refractivity contribution in [2.75, 3.05) is 6.61 Å². The highest BCUT2D eigenvalue weighted by Crippen LogP contribution is 2.61. The van der Waals surface area contributed by atoms with Crippen LogP contribution in [0.15, 0.2) is 23.3 Å². The van der Waals surface area contributed by atoms with E-state index < -0.39 is 0 Å². The molecule has 3 aliphatic carbocycles. The van der Waals surface area contributed by atoms with Crippen LogP contribution in [0.4, 0.5) is 0 Å². The molecule has 0 aromatic heterocycles. The number of carbonyl (C=O) groups excluding carboxylic acids is 1. The summed E-state index contributed by atoms with van der Waals surface area (Å²) in [5.41, 5.74) is 3.28. The summed E-state index contributed by atoms with van der Waals surface area (Å²) in [5.74, 6) is 1.51. The fraction of sp³-hybridized carbons (Fsp3) is 0.706. The zero-order valence-corrected chi connectivity index (χ0v) is 12.7. The highest BCUT2D eigenvalue weighted by Gasteiger charge is 2.52. The average molecular weight is 262 g/mol. The van der Waals surface area contributed by atoms with E-state index in [2.05, 4.69) is 26.0 Å². The van der Waals surface area contributed by atoms with Gasteiger partial charge in [0.2, 0.25) is 0 Å². The third-order valence-corrected chi connectivity index (χ3v) is 5.20. The predicted octanol–water partition coefficient (Wildman–Crippen LogP) is 4.27. The van der Waals surface area contributed by atoms with Crippen LogP contribution < -0.4 is 0 Å². The van der Waals surface area contributed by atoms with Gasteiger partial charge in [-0.05, 0) is 62.4 Å². The molecule has 2 heteroatoms. The zero-order valence-electron chi connectivity index (χ0n) is 12.7. The van der Waals surface area contributed by atoms with E-state index in [1.165, 1.54) is 26.2 Å². The van der Waals surface area contributed by atoms with Crippen LogP contribution in [0.1, 0.15) is 53.4 Å². The summed E-state index contributed by atoms with van der Waals surface area (Å²) in [5, 5.41) is 0. The maximum absolute atomic E-state index is 10.7. The van der Waals surface area contributed by atoms with Crippen molar-refractivity contribution in [1.82, 2.24) is 0 Å². The molecule has 3 rings (SSSR count). The first-order valence-corrected chi connectivity index (χ1v) is 7.39. The van der Waals surface area contributed by atoms with E-state index in [1.54, 1.807) is 5.57 Å². The number of fused-ring (bicyclic) bond motifs is 1. The first kappa shape index (κ1) is 14.4. The molecule has 1 saturated carbocycles. The highest BCUT2D eigenvalue weighted by molar-refractivity contribution is 5.66. The zero-order chi connectivity index (χ0) is 14.0. The van der Waals surface area contributed by atoms with Crippen molar-refractivity contribution in [2.24, 2.45) is 17.3 Å². The minimum absolute atomic E-state index is 0.200. The van der Waals surface area contributed by atoms with Crippen molar-refractivity contribution in [3.05, 3.63) is 23.3 Å². The van der Waals surface area contributed by atoms with Gasteiger partial charge in [0.1, 0.15) is 6.61 Å². The Balaban J connectivity index is 1.82. The minimum Gasteiger partial charge on any atom is -0.461 e. The summed E-state index contributed by atoms with van der Waals surface area (Å²) in [4.78, 5) is 10.7. The summed E-state index contributed by atoms with van der Waals surface area (Å²) in [7, 11) is 0. The van der Waals surface area contributed by atoms with Gasteiger partial charge in [-0.25, -0.2) is 0 Å². The van der Waals surface area contributed by atoms with E-state index in [9.17, 15) is 4.79 Å². The number of allylic oxidation sites excluding steroid dienone is 3. The Morgan fingerprint density at radius 2 is 2.26 bits per heavy atom. The number of ether oxygens (including phenoxy) is 1. The van der Waals surface area contributed by atoms with Crippen LogP contribution in [0.2, 0.25) is 0 Å². The fourth-order valence-electron chi connectivity index (χ4n) is 3.77. The first-order chi connectivity index (χ1) is 8.93. The van der Waals surface area contributed by atoms with Crippen molar-refractivity contribution < 1.29 is 9.53 Å². The van der Waals surface area contributed by atoms with E-state index in [4.69, 9.17) is 4.74 Å². The number of carbonyl (C=O) groups is 1. The SMILES string of the molecule is CC(=O)OCC(C)=CCCC1(C)C2CC=C(C)C1C2. The smallest absolute Gasteiger partial charge is 0.302 e. The molecule has 106 valence electrons. The standard InChI is InChI=1S/C17H26O2/c1-12(11-19-14(3)18)6-5-9-17(4)15-8-7-13(2)16(17)10-15/h6-7,15-16H,5,8-11H2,1-4H3. The van der Waals surface area contributed by atoms with Gasteiger partial charge >= 0.3 is 5.97 Å². The topological polar surface area (TPSA) is 26.3 Å². The molecule has 0 aromatic carbocycles. The Kier molecular flexibility index (Phi) is 4.17. The number of rotatable bonds is 5. The van der Waals surface area contributed by atoms with Crippen molar-refractivity contribution in [1.29, 1.82) is 0 Å². The van der Waals surface area contributed by atoms with Crippen LogP contribution in [0.3, 0.4) is 0 Å². The molecule has 2 bridgehead atoms. The second-order valence-electron chi connectivity index (χ2n) is 6.54. The normalized spacial score (nSPS) is 33.5. The Morgan fingerprint density at radius 1 is 1.53 bits per heavy atom. The van der Waals surface area contributed by atoms with Crippen LogP contribution in [0, 0.1) is 17.3 Å². The lowest BCUT2D eigenvalue weighted by molar-refractivity contribution is -0.139. The summed E-state index contributed by atoms with van der Waals surface area (Å²) in [6.45, 7) is 8.69. The first-order valence-electron chi connectivity index (χ1n) is 7.39. The van der Waals surface area contributed by atoms with Crippen LogP contribution in [-0.2, 0) is 9.53 Å². The lowest BCUT2D eigenvalue weighted by atomic mass is 9.47. The monoisotopic (exact) mass is 262 g/mol. The Labute approximate surface area is 116 Å². The molecule has 0 aliphatic heterocycles. The van der Waals surface area contributed by atoms with Crippen molar-refractivity contribution >= 4 is 5.97 Å². The number of esters is 1. The maximum Gasteiger partial charge on any atom is 0.302 e. The van der Waals surface area contributed by atoms with E-state index in [0.717, 1.165) is 23.8 Å². The molecule has 2 nitrogen and oxygen atoms in total. The lowest BCUT2D eigenvalue weighted by Crippen LogP contribution is -2.49. The van der Waals surface area contributed by atoms with Gasteiger partial charge in [0.25, 0.3) is 0 Å². The van der Waals surface area contributed by atoms with E-state index in [1.807, 2.05) is 6.92 Å². The van der Waals surface area contributed by atoms with Crippen molar-refractivity contribution in [3.63, 3.8) is 0 Å². The van der Waals surface area contributed by atoms with Crippen LogP contribution >= 0.6 is 0 Å². The molecule has 0 amide bonds. The van der Waals surface area contributed by atoms with E-state index in [-0.39, 0.29) is 5.97 Å². The molecule has 0 radical (unpaired) electrons. The summed E-state index contributed by atoms with van der Waals surface area (Å²) < 4.78 is 5.00. The Morgan fingerprint density at radius 3 is 2.84 bits per heavy atom. The summed E-state index contributed by atoms with van der Waals surface area (Å²) >= 11 is 0. The van der Waals surface area contributed by atoms with Gasteiger partial charge in [-0.3, -0.25) is 4.79 Å². The van der Waals surface area contributed by atoms with Crippen LogP contribution in [0.25, 0.3) is 0 Å². The molecule has 0 aromatic rings. The number of hydrogen-bond donors (Lipinski definition) is 0. The Hall–Kier alpha value is -1.05. The van der Waals surface area contributed by atoms with Crippen molar-refractivity contribution in [3.8, 4) is 0 Å². The molecule has 0 heterocycles. The van der Waals surface area contributed by atoms with Gasteiger partial charge < -0.3 is 4.74 Å². The lowest BCUT2D eigenvalue weighted by Gasteiger charge is -2.58. The van der Waals surface area contributed by atoms with Gasteiger partial charge in [0.15, 0.2) is 0 Å². The second-order valence-corrected chi connectivity index (χ2v) is 6.54. The van der Waals surface area contributed by atoms with Gasteiger partial charge in [-0.1, -0.05) is 24.6 Å². The molecule has 3 aliphatic rings. The van der Waals surface area contributed by atoms with Gasteiger partial charge in [-0.15, -0.1) is 0 Å². The Bertz CT molecular complexity index is 419. The molecule has 1 fully saturated rings. The molecule has 3 unspecified atom stereocenters. The molecule has 0 spiro atoms. The average Bonchev–Trinajstić information content (AvgIpc) is 2.35. The molecule has 0 N–H and O–H groups in total. The summed E-state index contributed by atoms with van der Waals surface area (Å²) in [6, 6.07) is 0. The molecule has 3 atom stereocenters. The third-order valence-electron chi connectivity index (χ3n) is 5.20. The predicted molar refractivity (Wildman–Crippen MR) is 77.7 cm³/mol. The van der Waals surface area contributed by atoms with Crippen LogP contribution in [0.5, 0.6) is 0 Å². The van der Waals surface area contributed by atoms with Crippen molar-refractivity contribution in [2.45, 2.75) is 53.4 Å². The van der Waals surface area contributed by atoms with Gasteiger partial charge in [0, 0.05) is 6.92 Å². The van der Waals surface area contributed by atoms with E-state index in [0.29, 0.717) is 12.0 Å². The molecule has 0 saturated heterocycles. The fourth-order valence-corrected chi connectivity index (χ4v) is 3.77. The van der Waals surface area contributed by atoms with Crippen LogP contribution in [-0.4, -0.2) is 12.6 Å². The van der Waals surface area contributed by atoms with Gasteiger partial charge in [0.05, 0.1) is 0 Å². The molecular weight excluding hydrogens is 236 g/mol. The second kappa shape index (κ2) is 5.52. The molecule has 19 heavy (non-hydrogen) atoms. The highest BCUT2D eigenvalue weighted by atomic mass is 16.5. The minimum atomic E-state index is -0.200. The maximum atomic E-state index is 10.7. The van der Waals surface area contributed by atoms with Gasteiger partial charge in [-0.2, -0.15) is 0 Å². The quantitative estimate of drug-likeness (QED) is 0.546. The summed E-state index contributed by atoms with van der Waals surface area (Å²) in [6.07, 6.45) is 9.70. The largest absolute Gasteiger partial charge is 0.461 e. The van der Waals surface area contributed by atoms with E-state index >= 15 is 0 Å². The molecular formula is C17H26O2.